The Bertz CT molecular complexity index is 1590. The largest absolute Gasteiger partial charge is 0.469 e. The molecule has 2 N–H and O–H groups in total. The number of hydrogen-bond acceptors (Lipinski definition) is 10. The van der Waals surface area contributed by atoms with Crippen molar-refractivity contribution in [3.63, 3.8) is 0 Å². The zero-order valence-corrected chi connectivity index (χ0v) is 33.5. The Morgan fingerprint density at radius 2 is 1.62 bits per heavy atom. The molecular formula is C43H62O10. The van der Waals surface area contributed by atoms with E-state index >= 15 is 0 Å². The summed E-state index contributed by atoms with van der Waals surface area (Å²) in [5.41, 5.74) is -0.945. The second-order valence-electron chi connectivity index (χ2n) is 17.1. The van der Waals surface area contributed by atoms with Crippen LogP contribution in [0.15, 0.2) is 46.1 Å². The van der Waals surface area contributed by atoms with Crippen LogP contribution in [0.3, 0.4) is 0 Å². The second kappa shape index (κ2) is 16.7. The number of rotatable bonds is 3. The van der Waals surface area contributed by atoms with Gasteiger partial charge in [-0.3, -0.25) is 24.0 Å². The normalized spacial score (nSPS) is 39.7. The van der Waals surface area contributed by atoms with Gasteiger partial charge in [0.25, 0.3) is 0 Å². The van der Waals surface area contributed by atoms with Crippen molar-refractivity contribution in [1.29, 1.82) is 0 Å². The van der Waals surface area contributed by atoms with Crippen molar-refractivity contribution in [2.24, 2.45) is 29.1 Å². The van der Waals surface area contributed by atoms with Crippen molar-refractivity contribution in [3.05, 3.63) is 46.1 Å². The third-order valence-corrected chi connectivity index (χ3v) is 12.6. The van der Waals surface area contributed by atoms with Gasteiger partial charge in [-0.25, -0.2) is 0 Å². The lowest BCUT2D eigenvalue weighted by molar-refractivity contribution is -0.239. The van der Waals surface area contributed by atoms with Crippen molar-refractivity contribution in [2.75, 3.05) is 7.11 Å². The third kappa shape index (κ3) is 9.03. The number of allylic oxidation sites excluding steroid dienone is 7. The molecule has 2 aliphatic heterocycles. The van der Waals surface area contributed by atoms with Crippen LogP contribution >= 0.6 is 0 Å². The number of ketones is 3. The maximum Gasteiger partial charge on any atom is 0.313 e. The number of methoxy groups -OCH3 is 1. The Hall–Kier alpha value is -3.21. The van der Waals surface area contributed by atoms with Gasteiger partial charge in [0.05, 0.1) is 30.3 Å². The minimum Gasteiger partial charge on any atom is -0.469 e. The molecule has 0 aromatic heterocycles. The summed E-state index contributed by atoms with van der Waals surface area (Å²) in [6, 6.07) is 0. The molecule has 0 unspecified atom stereocenters. The number of carbonyl (C=O) groups excluding carboxylic acids is 5. The van der Waals surface area contributed by atoms with Crippen LogP contribution in [0.5, 0.6) is 0 Å². The molecule has 0 aromatic rings. The van der Waals surface area contributed by atoms with Crippen LogP contribution in [-0.2, 0) is 38.2 Å². The van der Waals surface area contributed by atoms with E-state index in [2.05, 4.69) is 0 Å². The van der Waals surface area contributed by atoms with E-state index in [1.165, 1.54) is 14.0 Å². The Morgan fingerprint density at radius 1 is 0.943 bits per heavy atom. The second-order valence-corrected chi connectivity index (χ2v) is 17.1. The van der Waals surface area contributed by atoms with Gasteiger partial charge in [-0.1, -0.05) is 48.3 Å². The fourth-order valence-corrected chi connectivity index (χ4v) is 9.14. The summed E-state index contributed by atoms with van der Waals surface area (Å²) in [7, 11) is 1.26. The van der Waals surface area contributed by atoms with Crippen molar-refractivity contribution < 1.29 is 48.4 Å². The quantitative estimate of drug-likeness (QED) is 0.238. The van der Waals surface area contributed by atoms with Crippen molar-refractivity contribution in [3.8, 4) is 0 Å². The monoisotopic (exact) mass is 738 g/mol. The average Bonchev–Trinajstić information content (AvgIpc) is 3.06. The summed E-state index contributed by atoms with van der Waals surface area (Å²) in [4.78, 5) is 70.3. The Morgan fingerprint density at radius 3 is 2.25 bits per heavy atom. The van der Waals surface area contributed by atoms with Crippen LogP contribution in [0.4, 0.5) is 0 Å². The average molecular weight is 739 g/mol. The molecule has 10 heteroatoms. The predicted octanol–water partition coefficient (Wildman–Crippen LogP) is 6.66. The maximum absolute atomic E-state index is 14.8. The van der Waals surface area contributed by atoms with Gasteiger partial charge in [0.2, 0.25) is 0 Å². The van der Waals surface area contributed by atoms with E-state index in [-0.39, 0.29) is 49.0 Å². The lowest BCUT2D eigenvalue weighted by Gasteiger charge is -2.50. The fraction of sp³-hybridized carbons (Fsp3) is 0.698. The molecule has 1 saturated heterocycles. The molecule has 0 aromatic carbocycles. The molecule has 4 rings (SSSR count). The predicted molar refractivity (Wildman–Crippen MR) is 200 cm³/mol. The number of hydrogen-bond donors (Lipinski definition) is 2. The number of ether oxygens (including phenoxy) is 3. The van der Waals surface area contributed by atoms with Gasteiger partial charge in [-0.15, -0.1) is 0 Å². The van der Waals surface area contributed by atoms with E-state index in [0.29, 0.717) is 49.7 Å². The summed E-state index contributed by atoms with van der Waals surface area (Å²) in [6.45, 7) is 15.7. The molecule has 2 aliphatic carbocycles. The lowest BCUT2D eigenvalue weighted by Crippen LogP contribution is -2.59. The molecule has 53 heavy (non-hydrogen) atoms. The van der Waals surface area contributed by atoms with E-state index in [1.807, 2.05) is 46.8 Å². The van der Waals surface area contributed by atoms with Gasteiger partial charge in [-0.05, 0) is 104 Å². The van der Waals surface area contributed by atoms with E-state index in [9.17, 15) is 34.2 Å². The van der Waals surface area contributed by atoms with Crippen LogP contribution in [-0.4, -0.2) is 76.1 Å². The van der Waals surface area contributed by atoms with Crippen LogP contribution in [0.2, 0.25) is 0 Å². The highest BCUT2D eigenvalue weighted by Gasteiger charge is 2.60. The zero-order valence-electron chi connectivity index (χ0n) is 33.5. The van der Waals surface area contributed by atoms with Crippen LogP contribution in [0.1, 0.15) is 127 Å². The SMILES string of the molecule is COC(=O)[C@@]12CC(=O)[C@H](C(C)C)CC(=O)/C(C)=C\CC/C(C)=C\C(=O)[C@H]1CC(C)=C1C[C@H](OC(C)=O)[C@@](C)(O)[C@H]3CC[C@@](C)(O)[C@@H](CC/C(C)=C\[C@@H]12)O3. The standard InChI is InChI=1S/C43H62O10/c1-24(2)30-21-34(45)27(5)13-11-12-25(3)19-35(46)33-20-28(6)31-22-39(52-29(7)44)42(9,50)38-16-17-41(8,49)37(53-38)15-14-26(4)18-32(31)43(33,23-36(30)47)40(48)51-10/h13,18-19,24,30,32-33,37-39,49-50H,11-12,14-17,20-23H2,1-10H3/b25-19-,26-18-,27-13-/t30-,32-,33+,37+,38+,39-,41+,42-,43+/m0/s1. The molecule has 0 radical (unpaired) electrons. The van der Waals surface area contributed by atoms with Crippen LogP contribution in [0, 0.1) is 29.1 Å². The van der Waals surface area contributed by atoms with Crippen LogP contribution < -0.4 is 0 Å². The lowest BCUT2D eigenvalue weighted by atomic mass is 9.53. The molecule has 9 atom stereocenters. The highest BCUT2D eigenvalue weighted by atomic mass is 16.6. The smallest absolute Gasteiger partial charge is 0.313 e. The third-order valence-electron chi connectivity index (χ3n) is 12.6. The first-order chi connectivity index (χ1) is 24.6. The summed E-state index contributed by atoms with van der Waals surface area (Å²) < 4.78 is 17.9. The first-order valence-electron chi connectivity index (χ1n) is 19.3. The van der Waals surface area contributed by atoms with Gasteiger partial charge >= 0.3 is 11.9 Å². The first-order valence-corrected chi connectivity index (χ1v) is 19.3. The molecule has 10 nitrogen and oxygen atoms in total. The first kappa shape index (κ1) is 42.5. The molecule has 294 valence electrons. The van der Waals surface area contributed by atoms with E-state index < -0.39 is 64.6 Å². The van der Waals surface area contributed by atoms with Gasteiger partial charge in [0.15, 0.2) is 11.6 Å². The number of esters is 2. The highest BCUT2D eigenvalue weighted by molar-refractivity contribution is 6.02. The van der Waals surface area contributed by atoms with Crippen molar-refractivity contribution in [1.82, 2.24) is 0 Å². The topological polar surface area (TPSA) is 154 Å². The molecule has 4 aliphatic rings. The van der Waals surface area contributed by atoms with Gasteiger partial charge in [-0.2, -0.15) is 0 Å². The molecule has 0 saturated carbocycles. The minimum atomic E-state index is -1.73. The summed E-state index contributed by atoms with van der Waals surface area (Å²) in [5.74, 6) is -4.86. The number of fused-ring (bicyclic) bond motifs is 5. The van der Waals surface area contributed by atoms with E-state index in [0.717, 1.165) is 16.7 Å². The van der Waals surface area contributed by atoms with Crippen molar-refractivity contribution in [2.45, 2.75) is 156 Å². The Balaban J connectivity index is 2.05. The highest BCUT2D eigenvalue weighted by Crippen LogP contribution is 2.56. The molecular weight excluding hydrogens is 676 g/mol. The van der Waals surface area contributed by atoms with Crippen LogP contribution in [0.25, 0.3) is 0 Å². The summed E-state index contributed by atoms with van der Waals surface area (Å²) >= 11 is 0. The summed E-state index contributed by atoms with van der Waals surface area (Å²) in [5, 5.41) is 23.6. The fourth-order valence-electron chi connectivity index (χ4n) is 9.14. The molecule has 2 bridgehead atoms. The summed E-state index contributed by atoms with van der Waals surface area (Å²) in [6.07, 6.45) is 5.18. The molecule has 1 fully saturated rings. The molecule has 2 heterocycles. The van der Waals surface area contributed by atoms with E-state index in [4.69, 9.17) is 14.2 Å². The van der Waals surface area contributed by atoms with Gasteiger partial charge in [0.1, 0.15) is 17.5 Å². The Kier molecular flexibility index (Phi) is 13.4. The Labute approximate surface area is 315 Å². The van der Waals surface area contributed by atoms with Crippen molar-refractivity contribution >= 4 is 29.3 Å². The van der Waals surface area contributed by atoms with Gasteiger partial charge in [0, 0.05) is 43.9 Å². The number of carbonyl (C=O) groups is 5. The zero-order chi connectivity index (χ0) is 39.6. The van der Waals surface area contributed by atoms with Gasteiger partial charge < -0.3 is 24.4 Å². The molecule has 0 amide bonds. The number of Topliss-reactive ketones (excluding diaryl/α,β-unsaturated/α-hetero) is 2. The van der Waals surface area contributed by atoms with E-state index in [1.54, 1.807) is 26.8 Å². The molecule has 0 spiro atoms. The minimum absolute atomic E-state index is 0.00736. The number of aliphatic hydroxyl groups is 2. The maximum atomic E-state index is 14.8.